The Labute approximate surface area is 122 Å². The number of benzene rings is 2. The van der Waals surface area contributed by atoms with Crippen LogP contribution in [0.3, 0.4) is 0 Å². The van der Waals surface area contributed by atoms with E-state index in [4.69, 9.17) is 4.74 Å². The number of hydrogen-bond donors (Lipinski definition) is 0. The van der Waals surface area contributed by atoms with E-state index in [1.54, 1.807) is 12.4 Å². The summed E-state index contributed by atoms with van der Waals surface area (Å²) in [6.45, 7) is 2.59. The molecule has 0 fully saturated rings. The highest BCUT2D eigenvalue weighted by molar-refractivity contribution is 5.96. The molecule has 2 aromatic carbocycles. The Morgan fingerprint density at radius 3 is 2.81 bits per heavy atom. The van der Waals surface area contributed by atoms with Crippen molar-refractivity contribution in [2.45, 2.75) is 13.5 Å². The molecule has 0 spiro atoms. The molecule has 0 saturated heterocycles. The molecule has 0 bridgehead atoms. The highest BCUT2D eigenvalue weighted by Gasteiger charge is 2.12. The van der Waals surface area contributed by atoms with Crippen LogP contribution in [-0.4, -0.2) is 16.4 Å². The third-order valence-electron chi connectivity index (χ3n) is 3.32. The molecule has 0 aliphatic heterocycles. The molecule has 0 aliphatic carbocycles. The van der Waals surface area contributed by atoms with E-state index < -0.39 is 0 Å². The van der Waals surface area contributed by atoms with E-state index in [9.17, 15) is 4.79 Å². The van der Waals surface area contributed by atoms with Crippen molar-refractivity contribution < 1.29 is 9.53 Å². The normalized spacial score (nSPS) is 10.5. The molecule has 4 heteroatoms. The number of ether oxygens (including phenoxy) is 1. The Morgan fingerprint density at radius 1 is 1.14 bits per heavy atom. The molecule has 4 nitrogen and oxygen atoms in total. The first-order valence-corrected chi connectivity index (χ1v) is 6.64. The lowest BCUT2D eigenvalue weighted by Gasteiger charge is -2.11. The molecule has 3 rings (SSSR count). The summed E-state index contributed by atoms with van der Waals surface area (Å²) in [5, 5.41) is 2.26. The molecule has 1 aromatic heterocycles. The molecule has 3 aromatic rings. The fourth-order valence-corrected chi connectivity index (χ4v) is 2.47. The predicted molar refractivity (Wildman–Crippen MR) is 80.6 cm³/mol. The summed E-state index contributed by atoms with van der Waals surface area (Å²) in [5.74, 6) is 0. The van der Waals surface area contributed by atoms with Crippen molar-refractivity contribution in [1.29, 1.82) is 0 Å². The van der Waals surface area contributed by atoms with Gasteiger partial charge in [0.15, 0.2) is 0 Å². The predicted octanol–water partition coefficient (Wildman–Crippen LogP) is 3.28. The largest absolute Gasteiger partial charge is 0.461 e. The van der Waals surface area contributed by atoms with Crippen molar-refractivity contribution in [2.75, 3.05) is 0 Å². The van der Waals surface area contributed by atoms with Gasteiger partial charge in [-0.25, -0.2) is 0 Å². The van der Waals surface area contributed by atoms with E-state index in [0.717, 1.165) is 27.6 Å². The number of aryl methyl sites for hydroxylation is 1. The Bertz CT molecular complexity index is 800. The van der Waals surface area contributed by atoms with Crippen LogP contribution in [0.1, 0.15) is 11.3 Å². The number of carbonyl (C=O) groups excluding carboxylic acids is 1. The maximum absolute atomic E-state index is 10.4. The molecule has 0 atom stereocenters. The standard InChI is InChI=1S/C17H14N2O2/c1-12-8-13-4-2-3-5-14(13)15(9-12)17-16(10-21-11-20)18-6-7-19-17/h2-9,11H,10H2,1H3. The van der Waals surface area contributed by atoms with Crippen molar-refractivity contribution in [3.63, 3.8) is 0 Å². The lowest BCUT2D eigenvalue weighted by Crippen LogP contribution is -2.00. The molecular weight excluding hydrogens is 264 g/mol. The van der Waals surface area contributed by atoms with Gasteiger partial charge in [0.2, 0.25) is 0 Å². The third kappa shape index (κ3) is 2.60. The number of rotatable bonds is 4. The average Bonchev–Trinajstić information content (AvgIpc) is 2.52. The zero-order valence-corrected chi connectivity index (χ0v) is 11.6. The number of nitrogens with zero attached hydrogens (tertiary/aromatic N) is 2. The molecule has 0 saturated carbocycles. The summed E-state index contributed by atoms with van der Waals surface area (Å²) >= 11 is 0. The number of fused-ring (bicyclic) bond motifs is 1. The van der Waals surface area contributed by atoms with Gasteiger partial charge in [0.1, 0.15) is 12.3 Å². The van der Waals surface area contributed by atoms with Crippen LogP contribution in [0.4, 0.5) is 0 Å². The van der Waals surface area contributed by atoms with Gasteiger partial charge in [-0.3, -0.25) is 14.8 Å². The van der Waals surface area contributed by atoms with Crippen LogP contribution in [0.2, 0.25) is 0 Å². The summed E-state index contributed by atoms with van der Waals surface area (Å²) < 4.78 is 4.84. The SMILES string of the molecule is Cc1cc(-c2nccnc2COC=O)c2ccccc2c1. The van der Waals surface area contributed by atoms with Gasteiger partial charge in [-0.15, -0.1) is 0 Å². The van der Waals surface area contributed by atoms with Crippen LogP contribution in [0, 0.1) is 6.92 Å². The lowest BCUT2D eigenvalue weighted by molar-refractivity contribution is -0.129. The smallest absolute Gasteiger partial charge is 0.293 e. The summed E-state index contributed by atoms with van der Waals surface area (Å²) in [7, 11) is 0. The van der Waals surface area contributed by atoms with Gasteiger partial charge in [-0.2, -0.15) is 0 Å². The number of hydrogen-bond acceptors (Lipinski definition) is 4. The second kappa shape index (κ2) is 5.71. The van der Waals surface area contributed by atoms with Crippen molar-refractivity contribution in [2.24, 2.45) is 0 Å². The average molecular weight is 278 g/mol. The molecule has 21 heavy (non-hydrogen) atoms. The molecule has 0 unspecified atom stereocenters. The van der Waals surface area contributed by atoms with Crippen LogP contribution < -0.4 is 0 Å². The number of carbonyl (C=O) groups is 1. The zero-order chi connectivity index (χ0) is 14.7. The van der Waals surface area contributed by atoms with E-state index in [1.807, 2.05) is 19.1 Å². The molecule has 0 radical (unpaired) electrons. The Hall–Kier alpha value is -2.75. The first kappa shape index (κ1) is 13.2. The van der Waals surface area contributed by atoms with Crippen molar-refractivity contribution >= 4 is 17.2 Å². The summed E-state index contributed by atoms with van der Waals surface area (Å²) in [4.78, 5) is 19.1. The van der Waals surface area contributed by atoms with E-state index in [1.165, 1.54) is 0 Å². The molecule has 0 aliphatic rings. The van der Waals surface area contributed by atoms with Gasteiger partial charge in [0, 0.05) is 18.0 Å². The number of aromatic nitrogens is 2. The second-order valence-corrected chi connectivity index (χ2v) is 4.79. The summed E-state index contributed by atoms with van der Waals surface area (Å²) in [6.07, 6.45) is 3.25. The Balaban J connectivity index is 2.23. The Morgan fingerprint density at radius 2 is 1.95 bits per heavy atom. The maximum Gasteiger partial charge on any atom is 0.293 e. The second-order valence-electron chi connectivity index (χ2n) is 4.79. The first-order valence-electron chi connectivity index (χ1n) is 6.64. The van der Waals surface area contributed by atoms with E-state index in [0.29, 0.717) is 12.2 Å². The van der Waals surface area contributed by atoms with Gasteiger partial charge in [-0.05, 0) is 29.3 Å². The first-order chi connectivity index (χ1) is 10.3. The van der Waals surface area contributed by atoms with Crippen molar-refractivity contribution in [3.8, 4) is 11.3 Å². The van der Waals surface area contributed by atoms with Crippen LogP contribution in [0.5, 0.6) is 0 Å². The molecule has 0 amide bonds. The molecular formula is C17H14N2O2. The van der Waals surface area contributed by atoms with Crippen molar-refractivity contribution in [1.82, 2.24) is 9.97 Å². The molecule has 104 valence electrons. The Kier molecular flexibility index (Phi) is 3.60. The van der Waals surface area contributed by atoms with Gasteiger partial charge < -0.3 is 4.74 Å². The van der Waals surface area contributed by atoms with E-state index in [-0.39, 0.29) is 6.61 Å². The monoisotopic (exact) mass is 278 g/mol. The minimum atomic E-state index is 0.120. The minimum Gasteiger partial charge on any atom is -0.461 e. The quantitative estimate of drug-likeness (QED) is 0.687. The van der Waals surface area contributed by atoms with Crippen molar-refractivity contribution in [3.05, 3.63) is 60.0 Å². The summed E-state index contributed by atoms with van der Waals surface area (Å²) in [5.41, 5.74) is 3.56. The van der Waals surface area contributed by atoms with Gasteiger partial charge in [-0.1, -0.05) is 30.3 Å². The highest BCUT2D eigenvalue weighted by atomic mass is 16.5. The van der Waals surface area contributed by atoms with Gasteiger partial charge >= 0.3 is 0 Å². The zero-order valence-electron chi connectivity index (χ0n) is 11.6. The fraction of sp³-hybridized carbons (Fsp3) is 0.118. The van der Waals surface area contributed by atoms with Crippen LogP contribution >= 0.6 is 0 Å². The lowest BCUT2D eigenvalue weighted by atomic mass is 9.98. The van der Waals surface area contributed by atoms with Crippen LogP contribution in [0.25, 0.3) is 22.0 Å². The maximum atomic E-state index is 10.4. The topological polar surface area (TPSA) is 52.1 Å². The highest BCUT2D eigenvalue weighted by Crippen LogP contribution is 2.30. The van der Waals surface area contributed by atoms with Gasteiger partial charge in [0.05, 0.1) is 5.69 Å². The molecule has 1 heterocycles. The minimum absolute atomic E-state index is 0.120. The summed E-state index contributed by atoms with van der Waals surface area (Å²) in [6, 6.07) is 12.4. The van der Waals surface area contributed by atoms with E-state index >= 15 is 0 Å². The molecule has 0 N–H and O–H groups in total. The van der Waals surface area contributed by atoms with Gasteiger partial charge in [0.25, 0.3) is 6.47 Å². The fourth-order valence-electron chi connectivity index (χ4n) is 2.47. The van der Waals surface area contributed by atoms with E-state index in [2.05, 4.69) is 34.2 Å². The van der Waals surface area contributed by atoms with Crippen LogP contribution in [0.15, 0.2) is 48.8 Å². The van der Waals surface area contributed by atoms with Crippen LogP contribution in [-0.2, 0) is 16.1 Å². The third-order valence-corrected chi connectivity index (χ3v) is 3.32.